The molecule has 0 N–H and O–H groups in total. The third kappa shape index (κ3) is 3.20. The Hall–Kier alpha value is -1.46. The van der Waals surface area contributed by atoms with E-state index in [9.17, 15) is 0 Å². The predicted octanol–water partition coefficient (Wildman–Crippen LogP) is 2.69. The molecule has 2 aromatic heterocycles. The van der Waals surface area contributed by atoms with Gasteiger partial charge in [-0.1, -0.05) is 12.0 Å². The van der Waals surface area contributed by atoms with Crippen molar-refractivity contribution in [1.29, 1.82) is 0 Å². The van der Waals surface area contributed by atoms with Crippen LogP contribution in [0, 0.1) is 17.1 Å². The van der Waals surface area contributed by atoms with E-state index in [0.29, 0.717) is 6.04 Å². The highest BCUT2D eigenvalue weighted by atomic mass is 32.1. The Kier molecular flexibility index (Phi) is 4.55. The largest absolute Gasteiger partial charge is 0.296 e. The molecule has 1 saturated heterocycles. The first kappa shape index (κ1) is 16.0. The van der Waals surface area contributed by atoms with Crippen molar-refractivity contribution in [2.75, 3.05) is 32.7 Å². The summed E-state index contributed by atoms with van der Waals surface area (Å²) in [4.78, 5) is 5.92. The molecule has 0 atom stereocenters. The molecule has 0 aromatic carbocycles. The normalized spacial score (nSPS) is 19.5. The van der Waals surface area contributed by atoms with E-state index < -0.39 is 0 Å². The number of hydrogen-bond donors (Lipinski definition) is 0. The van der Waals surface area contributed by atoms with Crippen molar-refractivity contribution >= 4 is 23.6 Å². The molecule has 126 valence electrons. The van der Waals surface area contributed by atoms with Crippen LogP contribution < -0.4 is 0 Å². The molecule has 3 heterocycles. The number of hydrogen-bond acceptors (Lipinski definition) is 5. The molecular formula is C17H21N5S2. The standard InChI is InChI=1S/C17H21N5S2/c1-2-7-19-8-10-20(11-9-19)13-21-17(23)22(14-5-6-14)16(18-21)15-4-3-12-24-15/h1,3-4,12,14H,5-11,13H2. The summed E-state index contributed by atoms with van der Waals surface area (Å²) in [5, 5.41) is 6.96. The maximum absolute atomic E-state index is 5.74. The van der Waals surface area contributed by atoms with E-state index in [-0.39, 0.29) is 0 Å². The topological polar surface area (TPSA) is 29.2 Å². The van der Waals surface area contributed by atoms with Crippen molar-refractivity contribution in [2.45, 2.75) is 25.6 Å². The van der Waals surface area contributed by atoms with Crippen molar-refractivity contribution in [3.05, 3.63) is 22.3 Å². The van der Waals surface area contributed by atoms with Gasteiger partial charge in [0.05, 0.1) is 18.1 Å². The molecule has 2 aromatic rings. The number of piperazine rings is 1. The van der Waals surface area contributed by atoms with Crippen molar-refractivity contribution < 1.29 is 0 Å². The van der Waals surface area contributed by atoms with Gasteiger partial charge in [-0.3, -0.25) is 14.4 Å². The molecule has 1 saturated carbocycles. The Morgan fingerprint density at radius 2 is 2.00 bits per heavy atom. The summed E-state index contributed by atoms with van der Waals surface area (Å²) in [6.45, 7) is 5.55. The van der Waals surface area contributed by atoms with Gasteiger partial charge in [-0.15, -0.1) is 22.9 Å². The summed E-state index contributed by atoms with van der Waals surface area (Å²) in [7, 11) is 0. The lowest BCUT2D eigenvalue weighted by molar-refractivity contribution is 0.111. The highest BCUT2D eigenvalue weighted by Crippen LogP contribution is 2.39. The van der Waals surface area contributed by atoms with Gasteiger partial charge in [-0.2, -0.15) is 0 Å². The maximum atomic E-state index is 5.74. The molecule has 1 aliphatic carbocycles. The van der Waals surface area contributed by atoms with Crippen LogP contribution in [0.2, 0.25) is 0 Å². The van der Waals surface area contributed by atoms with E-state index in [1.807, 2.05) is 4.68 Å². The van der Waals surface area contributed by atoms with Crippen LogP contribution >= 0.6 is 23.6 Å². The van der Waals surface area contributed by atoms with Gasteiger partial charge in [-0.05, 0) is 36.5 Å². The lowest BCUT2D eigenvalue weighted by Gasteiger charge is -2.33. The van der Waals surface area contributed by atoms with Gasteiger partial charge in [-0.25, -0.2) is 4.68 Å². The zero-order valence-corrected chi connectivity index (χ0v) is 15.2. The third-order valence-electron chi connectivity index (χ3n) is 4.64. The smallest absolute Gasteiger partial charge is 0.199 e. The van der Waals surface area contributed by atoms with E-state index in [0.717, 1.165) is 50.0 Å². The monoisotopic (exact) mass is 359 g/mol. The van der Waals surface area contributed by atoms with Crippen molar-refractivity contribution in [1.82, 2.24) is 24.1 Å². The summed E-state index contributed by atoms with van der Waals surface area (Å²) in [5.74, 6) is 3.76. The number of thiophene rings is 1. The molecule has 0 amide bonds. The summed E-state index contributed by atoms with van der Waals surface area (Å²) in [6.07, 6.45) is 7.83. The van der Waals surface area contributed by atoms with Gasteiger partial charge in [0.25, 0.3) is 0 Å². The Bertz CT molecular complexity index is 786. The number of nitrogens with zero attached hydrogens (tertiary/aromatic N) is 5. The quantitative estimate of drug-likeness (QED) is 0.606. The zero-order valence-electron chi connectivity index (χ0n) is 13.6. The van der Waals surface area contributed by atoms with Crippen molar-refractivity contribution in [3.63, 3.8) is 0 Å². The Labute approximate surface area is 151 Å². The Morgan fingerprint density at radius 1 is 1.25 bits per heavy atom. The molecule has 1 aliphatic heterocycles. The molecule has 0 radical (unpaired) electrons. The highest BCUT2D eigenvalue weighted by Gasteiger charge is 2.29. The minimum absolute atomic E-state index is 0.538. The van der Waals surface area contributed by atoms with Crippen LogP contribution in [0.25, 0.3) is 10.7 Å². The van der Waals surface area contributed by atoms with Crippen LogP contribution in [0.5, 0.6) is 0 Å². The number of aromatic nitrogens is 3. The molecule has 2 aliphatic rings. The first-order valence-electron chi connectivity index (χ1n) is 8.37. The molecule has 0 unspecified atom stereocenters. The van der Waals surface area contributed by atoms with Crippen LogP contribution in [-0.4, -0.2) is 56.9 Å². The first-order valence-corrected chi connectivity index (χ1v) is 9.66. The summed E-state index contributed by atoms with van der Waals surface area (Å²) in [6, 6.07) is 4.74. The lowest BCUT2D eigenvalue weighted by Crippen LogP contribution is -2.46. The van der Waals surface area contributed by atoms with Gasteiger partial charge in [0.1, 0.15) is 0 Å². The van der Waals surface area contributed by atoms with Gasteiger partial charge >= 0.3 is 0 Å². The molecule has 2 fully saturated rings. The molecule has 0 spiro atoms. The van der Waals surface area contributed by atoms with E-state index in [1.165, 1.54) is 17.7 Å². The Balaban J connectivity index is 1.53. The summed E-state index contributed by atoms with van der Waals surface area (Å²) < 4.78 is 5.11. The molecular weight excluding hydrogens is 338 g/mol. The van der Waals surface area contributed by atoms with E-state index in [2.05, 4.69) is 37.8 Å². The van der Waals surface area contributed by atoms with Crippen LogP contribution in [0.4, 0.5) is 0 Å². The molecule has 5 nitrogen and oxygen atoms in total. The Morgan fingerprint density at radius 3 is 2.62 bits per heavy atom. The van der Waals surface area contributed by atoms with E-state index >= 15 is 0 Å². The molecule has 24 heavy (non-hydrogen) atoms. The van der Waals surface area contributed by atoms with Gasteiger partial charge in [0.15, 0.2) is 10.6 Å². The number of rotatable bonds is 5. The van der Waals surface area contributed by atoms with Crippen LogP contribution in [-0.2, 0) is 6.67 Å². The maximum Gasteiger partial charge on any atom is 0.199 e. The fraction of sp³-hybridized carbons (Fsp3) is 0.529. The van der Waals surface area contributed by atoms with Gasteiger partial charge in [0, 0.05) is 32.2 Å². The number of terminal acetylenes is 1. The van der Waals surface area contributed by atoms with E-state index in [4.69, 9.17) is 23.7 Å². The fourth-order valence-corrected chi connectivity index (χ4v) is 4.19. The van der Waals surface area contributed by atoms with Gasteiger partial charge < -0.3 is 0 Å². The highest BCUT2D eigenvalue weighted by molar-refractivity contribution is 7.71. The average Bonchev–Trinajstić information content (AvgIpc) is 3.17. The lowest BCUT2D eigenvalue weighted by atomic mass is 10.3. The van der Waals surface area contributed by atoms with E-state index in [1.54, 1.807) is 11.3 Å². The average molecular weight is 360 g/mol. The second-order valence-electron chi connectivity index (χ2n) is 6.42. The summed E-state index contributed by atoms with van der Waals surface area (Å²) in [5.41, 5.74) is 0. The predicted molar refractivity (Wildman–Crippen MR) is 99.5 cm³/mol. The van der Waals surface area contributed by atoms with Crippen LogP contribution in [0.3, 0.4) is 0 Å². The molecule has 4 rings (SSSR count). The SMILES string of the molecule is C#CCN1CCN(Cn2nc(-c3cccs3)n(C3CC3)c2=S)CC1. The fourth-order valence-electron chi connectivity index (χ4n) is 3.16. The van der Waals surface area contributed by atoms with Crippen molar-refractivity contribution in [2.24, 2.45) is 0 Å². The second kappa shape index (κ2) is 6.81. The first-order chi connectivity index (χ1) is 11.8. The molecule has 0 bridgehead atoms. The van der Waals surface area contributed by atoms with Gasteiger partial charge in [0.2, 0.25) is 0 Å². The molecule has 7 heteroatoms. The van der Waals surface area contributed by atoms with Crippen LogP contribution in [0.15, 0.2) is 17.5 Å². The third-order valence-corrected chi connectivity index (χ3v) is 5.91. The van der Waals surface area contributed by atoms with Crippen LogP contribution in [0.1, 0.15) is 18.9 Å². The minimum atomic E-state index is 0.538. The van der Waals surface area contributed by atoms with Crippen molar-refractivity contribution in [3.8, 4) is 23.0 Å². The second-order valence-corrected chi connectivity index (χ2v) is 7.74. The minimum Gasteiger partial charge on any atom is -0.296 e. The summed E-state index contributed by atoms with van der Waals surface area (Å²) >= 11 is 7.47. The zero-order chi connectivity index (χ0) is 16.5.